The van der Waals surface area contributed by atoms with Gasteiger partial charge in [0.25, 0.3) is 5.91 Å². The molecule has 2 heterocycles. The second kappa shape index (κ2) is 8.84. The molecule has 0 radical (unpaired) electrons. The SMILES string of the molecule is CCCOC(=O)c1csc(C2CCCN2C(=O)/C(=C/N(C)C)NC)n1. The highest BCUT2D eigenvalue weighted by molar-refractivity contribution is 7.09. The highest BCUT2D eigenvalue weighted by Crippen LogP contribution is 2.34. The highest BCUT2D eigenvalue weighted by Gasteiger charge is 2.33. The molecule has 7 nitrogen and oxygen atoms in total. The Morgan fingerprint density at radius 3 is 2.92 bits per heavy atom. The molecule has 1 amide bonds. The molecule has 1 aromatic heterocycles. The number of nitrogens with zero attached hydrogens (tertiary/aromatic N) is 3. The maximum absolute atomic E-state index is 12.8. The van der Waals surface area contributed by atoms with E-state index in [2.05, 4.69) is 10.3 Å². The molecular weight excluding hydrogens is 340 g/mol. The van der Waals surface area contributed by atoms with Crippen LogP contribution in [0.4, 0.5) is 0 Å². The molecule has 1 aromatic rings. The first-order valence-electron chi connectivity index (χ1n) is 8.47. The molecule has 0 aliphatic carbocycles. The fourth-order valence-corrected chi connectivity index (χ4v) is 3.64. The Kier molecular flexibility index (Phi) is 6.81. The van der Waals surface area contributed by atoms with Crippen LogP contribution in [0.3, 0.4) is 0 Å². The summed E-state index contributed by atoms with van der Waals surface area (Å²) in [5, 5.41) is 5.46. The Morgan fingerprint density at radius 1 is 1.52 bits per heavy atom. The molecule has 0 saturated carbocycles. The van der Waals surface area contributed by atoms with Crippen molar-refractivity contribution in [3.8, 4) is 0 Å². The lowest BCUT2D eigenvalue weighted by Gasteiger charge is -2.24. The number of carbonyl (C=O) groups is 2. The largest absolute Gasteiger partial charge is 0.461 e. The van der Waals surface area contributed by atoms with Crippen molar-refractivity contribution in [2.24, 2.45) is 0 Å². The summed E-state index contributed by atoms with van der Waals surface area (Å²) in [5.41, 5.74) is 0.862. The Bertz CT molecular complexity index is 642. The van der Waals surface area contributed by atoms with Crippen LogP contribution in [0.5, 0.6) is 0 Å². The van der Waals surface area contributed by atoms with Crippen LogP contribution < -0.4 is 5.32 Å². The van der Waals surface area contributed by atoms with Gasteiger partial charge in [0, 0.05) is 39.3 Å². The van der Waals surface area contributed by atoms with E-state index in [0.29, 0.717) is 24.5 Å². The number of thiazole rings is 1. The van der Waals surface area contributed by atoms with Crippen molar-refractivity contribution >= 4 is 23.2 Å². The molecule has 1 aliphatic rings. The van der Waals surface area contributed by atoms with Gasteiger partial charge in [-0.1, -0.05) is 6.92 Å². The highest BCUT2D eigenvalue weighted by atomic mass is 32.1. The molecule has 1 N–H and O–H groups in total. The van der Waals surface area contributed by atoms with Crippen molar-refractivity contribution in [2.45, 2.75) is 32.2 Å². The van der Waals surface area contributed by atoms with E-state index in [4.69, 9.17) is 4.74 Å². The number of hydrogen-bond acceptors (Lipinski definition) is 7. The molecule has 1 saturated heterocycles. The third kappa shape index (κ3) is 4.72. The van der Waals surface area contributed by atoms with Gasteiger partial charge >= 0.3 is 5.97 Å². The molecular formula is C17H26N4O3S. The van der Waals surface area contributed by atoms with E-state index < -0.39 is 5.97 Å². The minimum atomic E-state index is -0.399. The van der Waals surface area contributed by atoms with Crippen molar-refractivity contribution in [3.05, 3.63) is 28.0 Å². The zero-order chi connectivity index (χ0) is 18.4. The van der Waals surface area contributed by atoms with Crippen molar-refractivity contribution in [3.63, 3.8) is 0 Å². The van der Waals surface area contributed by atoms with E-state index in [0.717, 1.165) is 24.3 Å². The van der Waals surface area contributed by atoms with Crippen molar-refractivity contribution in [1.82, 2.24) is 20.1 Å². The van der Waals surface area contributed by atoms with E-state index in [-0.39, 0.29) is 11.9 Å². The van der Waals surface area contributed by atoms with Crippen LogP contribution in [-0.4, -0.2) is 61.0 Å². The average molecular weight is 366 g/mol. The number of rotatable bonds is 7. The van der Waals surface area contributed by atoms with Crippen LogP contribution in [0, 0.1) is 0 Å². The topological polar surface area (TPSA) is 74.8 Å². The molecule has 0 spiro atoms. The van der Waals surface area contributed by atoms with E-state index in [9.17, 15) is 9.59 Å². The molecule has 1 aliphatic heterocycles. The minimum Gasteiger partial charge on any atom is -0.461 e. The van der Waals surface area contributed by atoms with Crippen molar-refractivity contribution < 1.29 is 14.3 Å². The number of amides is 1. The average Bonchev–Trinajstić information content (AvgIpc) is 3.25. The molecule has 8 heteroatoms. The maximum Gasteiger partial charge on any atom is 0.357 e. The number of aromatic nitrogens is 1. The molecule has 0 aromatic carbocycles. The summed E-state index contributed by atoms with van der Waals surface area (Å²) in [6.07, 6.45) is 4.32. The summed E-state index contributed by atoms with van der Waals surface area (Å²) >= 11 is 1.41. The van der Waals surface area contributed by atoms with Crippen LogP contribution >= 0.6 is 11.3 Å². The number of nitrogens with one attached hydrogen (secondary N) is 1. The first kappa shape index (κ1) is 19.2. The summed E-state index contributed by atoms with van der Waals surface area (Å²) in [4.78, 5) is 32.9. The van der Waals surface area contributed by atoms with E-state index >= 15 is 0 Å². The monoisotopic (exact) mass is 366 g/mol. The van der Waals surface area contributed by atoms with Gasteiger partial charge in [0.2, 0.25) is 0 Å². The Morgan fingerprint density at radius 2 is 2.28 bits per heavy atom. The van der Waals surface area contributed by atoms with Crippen LogP contribution in [-0.2, 0) is 9.53 Å². The smallest absolute Gasteiger partial charge is 0.357 e. The molecule has 1 unspecified atom stereocenters. The summed E-state index contributed by atoms with van der Waals surface area (Å²) in [5.74, 6) is -0.451. The standard InChI is InChI=1S/C17H26N4O3S/c1-5-9-24-17(23)13-11-25-15(19-13)14-7-6-8-21(14)16(22)12(18-2)10-20(3)4/h10-11,14,18H,5-9H2,1-4H3/b12-10-. The van der Waals surface area contributed by atoms with Crippen LogP contribution in [0.1, 0.15) is 47.7 Å². The lowest BCUT2D eigenvalue weighted by atomic mass is 10.2. The fourth-order valence-electron chi connectivity index (χ4n) is 2.71. The predicted octanol–water partition coefficient (Wildman–Crippen LogP) is 2.00. The van der Waals surface area contributed by atoms with Crippen LogP contribution in [0.15, 0.2) is 17.3 Å². The zero-order valence-electron chi connectivity index (χ0n) is 15.2. The molecule has 0 bridgehead atoms. The Hall–Kier alpha value is -2.09. The molecule has 2 rings (SSSR count). The minimum absolute atomic E-state index is 0.0518. The van der Waals surface area contributed by atoms with Crippen molar-refractivity contribution in [2.75, 3.05) is 34.3 Å². The van der Waals surface area contributed by atoms with Gasteiger partial charge in [0.05, 0.1) is 12.6 Å². The van der Waals surface area contributed by atoms with Gasteiger partial charge in [-0.25, -0.2) is 9.78 Å². The zero-order valence-corrected chi connectivity index (χ0v) is 16.1. The van der Waals surface area contributed by atoms with Gasteiger partial charge < -0.3 is 19.9 Å². The van der Waals surface area contributed by atoms with Gasteiger partial charge in [0.1, 0.15) is 10.7 Å². The second-order valence-corrected chi connectivity index (χ2v) is 7.01. The molecule has 1 atom stereocenters. The van der Waals surface area contributed by atoms with Gasteiger partial charge in [-0.15, -0.1) is 11.3 Å². The van der Waals surface area contributed by atoms with Crippen LogP contribution in [0.2, 0.25) is 0 Å². The van der Waals surface area contributed by atoms with Crippen molar-refractivity contribution in [1.29, 1.82) is 0 Å². The molecule has 25 heavy (non-hydrogen) atoms. The number of ether oxygens (including phenoxy) is 1. The van der Waals surface area contributed by atoms with Gasteiger partial charge in [0.15, 0.2) is 5.69 Å². The number of esters is 1. The van der Waals surface area contributed by atoms with Gasteiger partial charge in [-0.05, 0) is 19.3 Å². The Balaban J connectivity index is 2.15. The Labute approximate surface area is 152 Å². The molecule has 1 fully saturated rings. The quantitative estimate of drug-likeness (QED) is 0.588. The summed E-state index contributed by atoms with van der Waals surface area (Å²) < 4.78 is 5.13. The molecule has 138 valence electrons. The summed E-state index contributed by atoms with van der Waals surface area (Å²) in [6.45, 7) is 3.02. The first-order valence-corrected chi connectivity index (χ1v) is 9.35. The van der Waals surface area contributed by atoms with E-state index in [1.165, 1.54) is 11.3 Å². The lowest BCUT2D eigenvalue weighted by molar-refractivity contribution is -0.128. The number of likely N-dealkylation sites (N-methyl/N-ethyl adjacent to an activating group) is 1. The number of carbonyl (C=O) groups excluding carboxylic acids is 2. The van der Waals surface area contributed by atoms with Crippen LogP contribution in [0.25, 0.3) is 0 Å². The third-order valence-electron chi connectivity index (χ3n) is 3.85. The number of likely N-dealkylation sites (tertiary alicyclic amines) is 1. The first-order chi connectivity index (χ1) is 12.0. The summed E-state index contributed by atoms with van der Waals surface area (Å²) in [7, 11) is 5.49. The van der Waals surface area contributed by atoms with Gasteiger partial charge in [-0.2, -0.15) is 0 Å². The normalized spacial score (nSPS) is 17.5. The summed E-state index contributed by atoms with van der Waals surface area (Å²) in [6, 6.07) is -0.0934. The fraction of sp³-hybridized carbons (Fsp3) is 0.588. The second-order valence-electron chi connectivity index (χ2n) is 6.12. The number of hydrogen-bond donors (Lipinski definition) is 1. The predicted molar refractivity (Wildman–Crippen MR) is 97.2 cm³/mol. The van der Waals surface area contributed by atoms with E-state index in [1.54, 1.807) is 18.6 Å². The third-order valence-corrected chi connectivity index (χ3v) is 4.80. The van der Waals surface area contributed by atoms with Gasteiger partial charge in [-0.3, -0.25) is 4.79 Å². The lowest BCUT2D eigenvalue weighted by Crippen LogP contribution is -2.36. The maximum atomic E-state index is 12.8. The van der Waals surface area contributed by atoms with E-state index in [1.807, 2.05) is 30.8 Å².